The fourth-order valence-electron chi connectivity index (χ4n) is 2.61. The molecule has 0 saturated carbocycles. The van der Waals surface area contributed by atoms with Gasteiger partial charge in [0.15, 0.2) is 5.78 Å². The normalized spacial score (nSPS) is 13.1. The first kappa shape index (κ1) is 23.1. The maximum Gasteiger partial charge on any atom is 0.408 e. The van der Waals surface area contributed by atoms with Gasteiger partial charge in [-0.05, 0) is 57.5 Å². The van der Waals surface area contributed by atoms with Gasteiger partial charge in [0.05, 0.1) is 6.04 Å². The van der Waals surface area contributed by atoms with Crippen LogP contribution in [0.5, 0.6) is 5.75 Å². The Kier molecular flexibility index (Phi) is 7.72. The van der Waals surface area contributed by atoms with Gasteiger partial charge in [0.2, 0.25) is 0 Å². The van der Waals surface area contributed by atoms with E-state index in [2.05, 4.69) is 5.32 Å². The van der Waals surface area contributed by atoms with E-state index in [0.29, 0.717) is 12.0 Å². The number of amides is 1. The Hall–Kier alpha value is -3.19. The predicted molar refractivity (Wildman–Crippen MR) is 113 cm³/mol. The molecule has 2 rings (SSSR count). The van der Waals surface area contributed by atoms with Gasteiger partial charge in [-0.15, -0.1) is 0 Å². The Labute approximate surface area is 176 Å². The number of carbonyl (C=O) groups excluding carboxylic acids is 3. The molecule has 0 fully saturated rings. The standard InChI is InChI=1S/C23H28N2O5/c1-15(24)21(27)29-18-12-10-17(11-13-18)20(26)19(14-16-8-6-5-7-9-16)25-22(28)30-23(2,3)4/h5-13,15,19H,14,24H2,1-4H3,(H,25,28)/t15-,19-/m0/s1. The molecule has 0 saturated heterocycles. The van der Waals surface area contributed by atoms with Gasteiger partial charge in [0.1, 0.15) is 17.4 Å². The molecule has 0 aliphatic heterocycles. The average molecular weight is 412 g/mol. The molecule has 160 valence electrons. The third kappa shape index (κ3) is 7.33. The number of benzene rings is 2. The second-order valence-electron chi connectivity index (χ2n) is 7.99. The zero-order valence-electron chi connectivity index (χ0n) is 17.7. The van der Waals surface area contributed by atoms with E-state index in [1.807, 2.05) is 30.3 Å². The monoisotopic (exact) mass is 412 g/mol. The minimum atomic E-state index is -0.820. The second kappa shape index (κ2) is 10.0. The summed E-state index contributed by atoms with van der Waals surface area (Å²) in [5, 5.41) is 2.67. The lowest BCUT2D eigenvalue weighted by Crippen LogP contribution is -2.44. The van der Waals surface area contributed by atoms with Crippen molar-refractivity contribution in [2.45, 2.75) is 51.8 Å². The van der Waals surface area contributed by atoms with Crippen LogP contribution in [0.4, 0.5) is 4.79 Å². The number of rotatable bonds is 7. The Morgan fingerprint density at radius 3 is 2.13 bits per heavy atom. The van der Waals surface area contributed by atoms with Crippen LogP contribution in [-0.2, 0) is 16.0 Å². The minimum Gasteiger partial charge on any atom is -0.444 e. The van der Waals surface area contributed by atoms with Crippen molar-refractivity contribution in [1.82, 2.24) is 5.32 Å². The van der Waals surface area contributed by atoms with Crippen molar-refractivity contribution in [3.05, 3.63) is 65.7 Å². The Balaban J connectivity index is 2.18. The molecule has 1 amide bonds. The SMILES string of the molecule is C[C@H](N)C(=O)Oc1ccc(C(=O)[C@H](Cc2ccccc2)NC(=O)OC(C)(C)C)cc1. The number of alkyl carbamates (subject to hydrolysis) is 1. The Bertz CT molecular complexity index is 871. The van der Waals surface area contributed by atoms with Crippen molar-refractivity contribution < 1.29 is 23.9 Å². The summed E-state index contributed by atoms with van der Waals surface area (Å²) in [6.07, 6.45) is -0.361. The molecule has 0 aliphatic carbocycles. The number of nitrogens with one attached hydrogen (secondary N) is 1. The molecular weight excluding hydrogens is 384 g/mol. The number of hydrogen-bond donors (Lipinski definition) is 2. The fraction of sp³-hybridized carbons (Fsp3) is 0.348. The fourth-order valence-corrected chi connectivity index (χ4v) is 2.61. The zero-order chi connectivity index (χ0) is 22.3. The summed E-state index contributed by atoms with van der Waals surface area (Å²) in [6, 6.07) is 13.9. The van der Waals surface area contributed by atoms with Crippen molar-refractivity contribution in [3.8, 4) is 5.75 Å². The van der Waals surface area contributed by atoms with Crippen molar-refractivity contribution in [3.63, 3.8) is 0 Å². The molecular formula is C23H28N2O5. The molecule has 30 heavy (non-hydrogen) atoms. The molecule has 2 atom stereocenters. The van der Waals surface area contributed by atoms with E-state index >= 15 is 0 Å². The third-order valence-corrected chi connectivity index (χ3v) is 4.02. The van der Waals surface area contributed by atoms with Gasteiger partial charge < -0.3 is 20.5 Å². The highest BCUT2D eigenvalue weighted by Gasteiger charge is 2.25. The van der Waals surface area contributed by atoms with E-state index in [1.165, 1.54) is 19.1 Å². The van der Waals surface area contributed by atoms with Gasteiger partial charge in [0.25, 0.3) is 0 Å². The smallest absolute Gasteiger partial charge is 0.408 e. The number of carbonyl (C=O) groups is 3. The lowest BCUT2D eigenvalue weighted by atomic mass is 9.97. The molecule has 7 heteroatoms. The molecule has 0 unspecified atom stereocenters. The van der Waals surface area contributed by atoms with Gasteiger partial charge >= 0.3 is 12.1 Å². The van der Waals surface area contributed by atoms with Crippen LogP contribution in [0.25, 0.3) is 0 Å². The average Bonchev–Trinajstić information content (AvgIpc) is 2.66. The van der Waals surface area contributed by atoms with Gasteiger partial charge in [-0.3, -0.25) is 4.79 Å². The molecule has 7 nitrogen and oxygen atoms in total. The van der Waals surface area contributed by atoms with Gasteiger partial charge in [-0.25, -0.2) is 9.59 Å². The maximum atomic E-state index is 13.1. The number of hydrogen-bond acceptors (Lipinski definition) is 6. The number of ether oxygens (including phenoxy) is 2. The molecule has 0 aliphatic rings. The molecule has 0 spiro atoms. The van der Waals surface area contributed by atoms with Crippen LogP contribution in [-0.4, -0.2) is 35.5 Å². The van der Waals surface area contributed by atoms with Crippen LogP contribution < -0.4 is 15.8 Å². The van der Waals surface area contributed by atoms with Crippen LogP contribution in [0.2, 0.25) is 0 Å². The molecule has 0 heterocycles. The van der Waals surface area contributed by atoms with Crippen LogP contribution in [0, 0.1) is 0 Å². The highest BCUT2D eigenvalue weighted by atomic mass is 16.6. The van der Waals surface area contributed by atoms with E-state index in [4.69, 9.17) is 15.2 Å². The van der Waals surface area contributed by atoms with Crippen LogP contribution >= 0.6 is 0 Å². The van der Waals surface area contributed by atoms with E-state index in [0.717, 1.165) is 5.56 Å². The Morgan fingerprint density at radius 2 is 1.60 bits per heavy atom. The third-order valence-electron chi connectivity index (χ3n) is 4.02. The topological polar surface area (TPSA) is 108 Å². The molecule has 2 aromatic carbocycles. The number of nitrogens with two attached hydrogens (primary N) is 1. The number of ketones is 1. The van der Waals surface area contributed by atoms with Gasteiger partial charge in [0, 0.05) is 12.0 Å². The van der Waals surface area contributed by atoms with Crippen LogP contribution in [0.15, 0.2) is 54.6 Å². The number of esters is 1. The van der Waals surface area contributed by atoms with E-state index < -0.39 is 29.7 Å². The number of Topliss-reactive ketones (excluding diaryl/α,β-unsaturated/α-hetero) is 1. The molecule has 0 radical (unpaired) electrons. The summed E-state index contributed by atoms with van der Waals surface area (Å²) in [5.74, 6) is -0.564. The zero-order valence-corrected chi connectivity index (χ0v) is 17.7. The molecule has 0 bridgehead atoms. The Morgan fingerprint density at radius 1 is 1.00 bits per heavy atom. The van der Waals surface area contributed by atoms with Crippen molar-refractivity contribution >= 4 is 17.8 Å². The summed E-state index contributed by atoms with van der Waals surface area (Å²) >= 11 is 0. The molecule has 2 aromatic rings. The summed E-state index contributed by atoms with van der Waals surface area (Å²) in [6.45, 7) is 6.78. The van der Waals surface area contributed by atoms with Gasteiger partial charge in [-0.2, -0.15) is 0 Å². The lowest BCUT2D eigenvalue weighted by molar-refractivity contribution is -0.135. The quantitative estimate of drug-likeness (QED) is 0.411. The second-order valence-corrected chi connectivity index (χ2v) is 7.99. The summed E-state index contributed by atoms with van der Waals surface area (Å²) < 4.78 is 10.4. The largest absolute Gasteiger partial charge is 0.444 e. The van der Waals surface area contributed by atoms with Crippen molar-refractivity contribution in [2.24, 2.45) is 5.73 Å². The van der Waals surface area contributed by atoms with E-state index in [1.54, 1.807) is 32.9 Å². The summed E-state index contributed by atoms with van der Waals surface area (Å²) in [7, 11) is 0. The van der Waals surface area contributed by atoms with Crippen molar-refractivity contribution in [2.75, 3.05) is 0 Å². The maximum absolute atomic E-state index is 13.1. The molecule has 3 N–H and O–H groups in total. The summed E-state index contributed by atoms with van der Waals surface area (Å²) in [4.78, 5) is 37.0. The molecule has 0 aromatic heterocycles. The summed E-state index contributed by atoms with van der Waals surface area (Å²) in [5.41, 5.74) is 6.07. The lowest BCUT2D eigenvalue weighted by Gasteiger charge is -2.23. The van der Waals surface area contributed by atoms with E-state index in [9.17, 15) is 14.4 Å². The van der Waals surface area contributed by atoms with Gasteiger partial charge in [-0.1, -0.05) is 30.3 Å². The first-order valence-corrected chi connectivity index (χ1v) is 9.70. The van der Waals surface area contributed by atoms with E-state index in [-0.39, 0.29) is 11.5 Å². The highest BCUT2D eigenvalue weighted by molar-refractivity contribution is 6.01. The first-order chi connectivity index (χ1) is 14.0. The van der Waals surface area contributed by atoms with Crippen molar-refractivity contribution in [1.29, 1.82) is 0 Å². The highest BCUT2D eigenvalue weighted by Crippen LogP contribution is 2.16. The minimum absolute atomic E-state index is 0.283. The van der Waals surface area contributed by atoms with Crippen LogP contribution in [0.1, 0.15) is 43.6 Å². The van der Waals surface area contributed by atoms with Crippen LogP contribution in [0.3, 0.4) is 0 Å². The first-order valence-electron chi connectivity index (χ1n) is 9.70. The predicted octanol–water partition coefficient (Wildman–Crippen LogP) is 3.26.